The molecule has 84 valence electrons. The predicted octanol–water partition coefficient (Wildman–Crippen LogP) is 2.23. The summed E-state index contributed by atoms with van der Waals surface area (Å²) in [7, 11) is 0. The second-order valence-electron chi connectivity index (χ2n) is 4.94. The molecule has 2 rings (SSSR count). The maximum atomic E-state index is 4.77. The summed E-state index contributed by atoms with van der Waals surface area (Å²) < 4.78 is 2.41. The van der Waals surface area contributed by atoms with Gasteiger partial charge in [0.1, 0.15) is 5.82 Å². The molecule has 0 amide bonds. The van der Waals surface area contributed by atoms with Crippen LogP contribution in [0.2, 0.25) is 0 Å². The van der Waals surface area contributed by atoms with Crippen molar-refractivity contribution in [2.24, 2.45) is 0 Å². The number of hydrogen-bond donors (Lipinski definition) is 1. The van der Waals surface area contributed by atoms with Gasteiger partial charge in [0.2, 0.25) is 0 Å². The van der Waals surface area contributed by atoms with Crippen LogP contribution in [0.5, 0.6) is 0 Å². The average molecular weight is 207 g/mol. The van der Waals surface area contributed by atoms with Crippen LogP contribution in [-0.4, -0.2) is 16.1 Å². The van der Waals surface area contributed by atoms with Gasteiger partial charge in [0.05, 0.1) is 12.2 Å². The van der Waals surface area contributed by atoms with Gasteiger partial charge in [-0.2, -0.15) is 0 Å². The van der Waals surface area contributed by atoms with E-state index in [-0.39, 0.29) is 0 Å². The molecular weight excluding hydrogens is 186 g/mol. The van der Waals surface area contributed by atoms with Gasteiger partial charge >= 0.3 is 0 Å². The van der Waals surface area contributed by atoms with Crippen LogP contribution in [0.15, 0.2) is 0 Å². The fourth-order valence-corrected chi connectivity index (χ4v) is 2.34. The molecule has 1 aliphatic rings. The van der Waals surface area contributed by atoms with Gasteiger partial charge in [0.15, 0.2) is 0 Å². The second kappa shape index (κ2) is 3.97. The third-order valence-corrected chi connectivity index (χ3v) is 3.00. The highest BCUT2D eigenvalue weighted by atomic mass is 15.2. The first-order valence-electron chi connectivity index (χ1n) is 5.91. The van der Waals surface area contributed by atoms with Crippen LogP contribution in [0.1, 0.15) is 56.7 Å². The molecule has 1 N–H and O–H groups in total. The third-order valence-electron chi connectivity index (χ3n) is 3.00. The van der Waals surface area contributed by atoms with E-state index in [0.29, 0.717) is 11.8 Å². The molecule has 0 fully saturated rings. The van der Waals surface area contributed by atoms with Crippen LogP contribution in [0.4, 0.5) is 0 Å². The average Bonchev–Trinajstić information content (AvgIpc) is 2.56. The molecule has 0 atom stereocenters. The summed E-state index contributed by atoms with van der Waals surface area (Å²) in [5.41, 5.74) is 2.74. The summed E-state index contributed by atoms with van der Waals surface area (Å²) in [6.45, 7) is 12.0. The fourth-order valence-electron chi connectivity index (χ4n) is 2.34. The molecule has 1 aromatic heterocycles. The van der Waals surface area contributed by atoms with Crippen molar-refractivity contribution in [3.63, 3.8) is 0 Å². The van der Waals surface area contributed by atoms with Gasteiger partial charge in [-0.15, -0.1) is 0 Å². The molecule has 2 heterocycles. The van der Waals surface area contributed by atoms with Gasteiger partial charge < -0.3 is 9.88 Å². The number of fused-ring (bicyclic) bond motifs is 1. The molecule has 3 nitrogen and oxygen atoms in total. The molecule has 1 aliphatic heterocycles. The minimum atomic E-state index is 0.528. The van der Waals surface area contributed by atoms with E-state index in [2.05, 4.69) is 37.6 Å². The summed E-state index contributed by atoms with van der Waals surface area (Å²) in [5, 5.41) is 3.38. The summed E-state index contributed by atoms with van der Waals surface area (Å²) in [4.78, 5) is 4.77. The molecule has 0 radical (unpaired) electrons. The molecule has 0 saturated carbocycles. The van der Waals surface area contributed by atoms with Gasteiger partial charge in [-0.25, -0.2) is 4.98 Å². The molecule has 1 aromatic rings. The van der Waals surface area contributed by atoms with Crippen molar-refractivity contribution < 1.29 is 0 Å². The van der Waals surface area contributed by atoms with Gasteiger partial charge in [-0.1, -0.05) is 27.7 Å². The zero-order chi connectivity index (χ0) is 11.0. The second-order valence-corrected chi connectivity index (χ2v) is 4.94. The normalized spacial score (nSPS) is 16.1. The van der Waals surface area contributed by atoms with Gasteiger partial charge in [0, 0.05) is 18.8 Å². The minimum absolute atomic E-state index is 0.528. The van der Waals surface area contributed by atoms with E-state index >= 15 is 0 Å². The van der Waals surface area contributed by atoms with E-state index in [1.54, 1.807) is 0 Å². The number of nitrogens with zero attached hydrogens (tertiary/aromatic N) is 2. The highest BCUT2D eigenvalue weighted by Crippen LogP contribution is 2.27. The molecule has 3 heteroatoms. The SMILES string of the molecule is CC(C)c1nc2n(c1C(C)C)CCNC2. The highest BCUT2D eigenvalue weighted by Gasteiger charge is 2.22. The van der Waals surface area contributed by atoms with Crippen LogP contribution in [0, 0.1) is 0 Å². The Balaban J connectivity index is 2.51. The van der Waals surface area contributed by atoms with Crippen LogP contribution < -0.4 is 5.32 Å². The number of hydrogen-bond acceptors (Lipinski definition) is 2. The Morgan fingerprint density at radius 1 is 1.20 bits per heavy atom. The first-order chi connectivity index (χ1) is 7.11. The zero-order valence-corrected chi connectivity index (χ0v) is 10.2. The van der Waals surface area contributed by atoms with Gasteiger partial charge in [-0.3, -0.25) is 0 Å². The van der Waals surface area contributed by atoms with Crippen LogP contribution in [0.25, 0.3) is 0 Å². The molecule has 15 heavy (non-hydrogen) atoms. The Morgan fingerprint density at radius 2 is 1.93 bits per heavy atom. The monoisotopic (exact) mass is 207 g/mol. The van der Waals surface area contributed by atoms with Crippen molar-refractivity contribution in [1.82, 2.24) is 14.9 Å². The lowest BCUT2D eigenvalue weighted by Crippen LogP contribution is -2.29. The zero-order valence-electron chi connectivity index (χ0n) is 10.2. The summed E-state index contributed by atoms with van der Waals surface area (Å²) in [5.74, 6) is 2.32. The standard InChI is InChI=1S/C12H21N3/c1-8(2)11-12(9(3)4)15-6-5-13-7-10(15)14-11/h8-9,13H,5-7H2,1-4H3. The Kier molecular flexibility index (Phi) is 2.83. The van der Waals surface area contributed by atoms with Gasteiger partial charge in [0.25, 0.3) is 0 Å². The quantitative estimate of drug-likeness (QED) is 0.806. The number of nitrogens with one attached hydrogen (secondary N) is 1. The van der Waals surface area contributed by atoms with Crippen molar-refractivity contribution in [2.45, 2.75) is 52.6 Å². The topological polar surface area (TPSA) is 29.9 Å². The largest absolute Gasteiger partial charge is 0.329 e. The lowest BCUT2D eigenvalue weighted by molar-refractivity contribution is 0.487. The smallest absolute Gasteiger partial charge is 0.123 e. The Hall–Kier alpha value is -0.830. The lowest BCUT2D eigenvalue weighted by atomic mass is 10.0. The van der Waals surface area contributed by atoms with E-state index < -0.39 is 0 Å². The first-order valence-corrected chi connectivity index (χ1v) is 5.91. The number of rotatable bonds is 2. The van der Waals surface area contributed by atoms with Crippen LogP contribution in [0.3, 0.4) is 0 Å². The third kappa shape index (κ3) is 1.81. The Labute approximate surface area is 91.9 Å². The lowest BCUT2D eigenvalue weighted by Gasteiger charge is -2.19. The van der Waals surface area contributed by atoms with Crippen molar-refractivity contribution in [3.8, 4) is 0 Å². The van der Waals surface area contributed by atoms with E-state index in [0.717, 1.165) is 19.6 Å². The summed E-state index contributed by atoms with van der Waals surface area (Å²) in [6.07, 6.45) is 0. The van der Waals surface area contributed by atoms with E-state index in [1.165, 1.54) is 17.2 Å². The van der Waals surface area contributed by atoms with E-state index in [9.17, 15) is 0 Å². The fraction of sp³-hybridized carbons (Fsp3) is 0.750. The summed E-state index contributed by atoms with van der Waals surface area (Å²) >= 11 is 0. The maximum absolute atomic E-state index is 4.77. The first kappa shape index (κ1) is 10.7. The highest BCUT2D eigenvalue weighted by molar-refractivity contribution is 5.24. The Morgan fingerprint density at radius 3 is 2.53 bits per heavy atom. The molecule has 0 saturated heterocycles. The van der Waals surface area contributed by atoms with Gasteiger partial charge in [-0.05, 0) is 11.8 Å². The maximum Gasteiger partial charge on any atom is 0.123 e. The molecule has 0 bridgehead atoms. The van der Waals surface area contributed by atoms with Crippen LogP contribution >= 0.6 is 0 Å². The predicted molar refractivity (Wildman–Crippen MR) is 62.1 cm³/mol. The van der Waals surface area contributed by atoms with Crippen molar-refractivity contribution in [3.05, 3.63) is 17.2 Å². The number of imidazole rings is 1. The van der Waals surface area contributed by atoms with Crippen molar-refractivity contribution in [2.75, 3.05) is 6.54 Å². The van der Waals surface area contributed by atoms with E-state index in [1.807, 2.05) is 0 Å². The van der Waals surface area contributed by atoms with Crippen molar-refractivity contribution >= 4 is 0 Å². The Bertz CT molecular complexity index is 350. The molecule has 0 unspecified atom stereocenters. The van der Waals surface area contributed by atoms with Crippen molar-refractivity contribution in [1.29, 1.82) is 0 Å². The molecule has 0 aromatic carbocycles. The minimum Gasteiger partial charge on any atom is -0.329 e. The summed E-state index contributed by atoms with van der Waals surface area (Å²) in [6, 6.07) is 0. The molecule has 0 spiro atoms. The number of aromatic nitrogens is 2. The van der Waals surface area contributed by atoms with Crippen LogP contribution in [-0.2, 0) is 13.1 Å². The molecular formula is C12H21N3. The molecule has 0 aliphatic carbocycles. The van der Waals surface area contributed by atoms with E-state index in [4.69, 9.17) is 4.98 Å².